The first-order chi connectivity index (χ1) is 12.2. The van der Waals surface area contributed by atoms with Crippen LogP contribution in [0.5, 0.6) is 0 Å². The Kier molecular flexibility index (Phi) is 6.30. The molecule has 25 heavy (non-hydrogen) atoms. The van der Waals surface area contributed by atoms with Crippen LogP contribution in [0.2, 0.25) is 0 Å². The summed E-state index contributed by atoms with van der Waals surface area (Å²) in [4.78, 5) is 5.11. The summed E-state index contributed by atoms with van der Waals surface area (Å²) in [5.41, 5.74) is 2.12. The van der Waals surface area contributed by atoms with Crippen molar-refractivity contribution in [3.05, 3.63) is 64.9 Å². The molecule has 0 fully saturated rings. The standard InChI is InChI=1S/C18H22N4O2S/c1-14(15-4-6-16(7-5-15)22-13-19-12-21-22)20-9-17(23)10-24-11-18-3-2-8-25-18/h2-8,12-14,17,20,23H,9-11H2,1H3/t14-,17-/m1/s1. The average molecular weight is 358 g/mol. The molecule has 7 heteroatoms. The molecule has 6 nitrogen and oxygen atoms in total. The van der Waals surface area contributed by atoms with Crippen molar-refractivity contribution < 1.29 is 9.84 Å². The molecule has 3 rings (SSSR count). The second kappa shape index (κ2) is 8.87. The first-order valence-corrected chi connectivity index (χ1v) is 9.07. The number of thiophene rings is 1. The number of benzene rings is 1. The Labute approximate surface area is 151 Å². The number of nitrogens with one attached hydrogen (secondary N) is 1. The Bertz CT molecular complexity index is 729. The fraction of sp³-hybridized carbons (Fsp3) is 0.333. The average Bonchev–Trinajstić information content (AvgIpc) is 3.33. The van der Waals surface area contributed by atoms with Crippen LogP contribution in [0.4, 0.5) is 0 Å². The summed E-state index contributed by atoms with van der Waals surface area (Å²) < 4.78 is 7.26. The molecule has 0 aliphatic heterocycles. The minimum absolute atomic E-state index is 0.136. The number of aliphatic hydroxyl groups is 1. The first-order valence-electron chi connectivity index (χ1n) is 8.19. The largest absolute Gasteiger partial charge is 0.389 e. The van der Waals surface area contributed by atoms with Gasteiger partial charge >= 0.3 is 0 Å². The molecule has 0 aliphatic rings. The van der Waals surface area contributed by atoms with E-state index in [0.29, 0.717) is 19.8 Å². The molecular formula is C18H22N4O2S. The number of rotatable bonds is 9. The van der Waals surface area contributed by atoms with E-state index >= 15 is 0 Å². The molecule has 0 bridgehead atoms. The lowest BCUT2D eigenvalue weighted by Crippen LogP contribution is -2.32. The van der Waals surface area contributed by atoms with Crippen molar-refractivity contribution in [2.75, 3.05) is 13.2 Å². The molecule has 0 spiro atoms. The SMILES string of the molecule is C[C@@H](NC[C@@H](O)COCc1cccs1)c1ccc(-n2cncn2)cc1. The molecule has 1 aromatic carbocycles. The van der Waals surface area contributed by atoms with E-state index in [1.165, 1.54) is 11.2 Å². The van der Waals surface area contributed by atoms with Gasteiger partial charge in [0.25, 0.3) is 0 Å². The van der Waals surface area contributed by atoms with Crippen LogP contribution in [0.15, 0.2) is 54.4 Å². The van der Waals surface area contributed by atoms with Gasteiger partial charge in [0.05, 0.1) is 25.0 Å². The van der Waals surface area contributed by atoms with E-state index in [-0.39, 0.29) is 6.04 Å². The van der Waals surface area contributed by atoms with Crippen LogP contribution in [0.1, 0.15) is 23.4 Å². The van der Waals surface area contributed by atoms with Crippen LogP contribution in [-0.4, -0.2) is 39.1 Å². The first kappa shape index (κ1) is 17.8. The van der Waals surface area contributed by atoms with E-state index < -0.39 is 6.10 Å². The van der Waals surface area contributed by atoms with Crippen LogP contribution in [0.25, 0.3) is 5.69 Å². The van der Waals surface area contributed by atoms with Gasteiger partial charge in [-0.3, -0.25) is 0 Å². The van der Waals surface area contributed by atoms with Crippen molar-refractivity contribution in [1.29, 1.82) is 0 Å². The zero-order valence-corrected chi connectivity index (χ0v) is 14.9. The van der Waals surface area contributed by atoms with Crippen molar-refractivity contribution in [3.8, 4) is 5.69 Å². The third kappa shape index (κ3) is 5.20. The van der Waals surface area contributed by atoms with E-state index in [0.717, 1.165) is 11.3 Å². The van der Waals surface area contributed by atoms with Crippen LogP contribution >= 0.6 is 11.3 Å². The van der Waals surface area contributed by atoms with Gasteiger partial charge in [-0.15, -0.1) is 11.3 Å². The van der Waals surface area contributed by atoms with Crippen LogP contribution in [0, 0.1) is 0 Å². The maximum atomic E-state index is 10.0. The molecule has 0 aliphatic carbocycles. The molecule has 2 N–H and O–H groups in total. The highest BCUT2D eigenvalue weighted by molar-refractivity contribution is 7.09. The summed E-state index contributed by atoms with van der Waals surface area (Å²) in [5.74, 6) is 0. The van der Waals surface area contributed by atoms with E-state index in [9.17, 15) is 5.11 Å². The minimum atomic E-state index is -0.531. The van der Waals surface area contributed by atoms with E-state index in [2.05, 4.69) is 22.3 Å². The molecule has 2 heterocycles. The molecule has 0 saturated heterocycles. The van der Waals surface area contributed by atoms with Gasteiger partial charge in [0.1, 0.15) is 12.7 Å². The van der Waals surface area contributed by atoms with Crippen molar-refractivity contribution >= 4 is 11.3 Å². The molecule has 2 atom stereocenters. The van der Waals surface area contributed by atoms with Gasteiger partial charge in [-0.25, -0.2) is 9.67 Å². The summed E-state index contributed by atoms with van der Waals surface area (Å²) >= 11 is 1.66. The highest BCUT2D eigenvalue weighted by Crippen LogP contribution is 2.15. The monoisotopic (exact) mass is 358 g/mol. The predicted molar refractivity (Wildman–Crippen MR) is 97.8 cm³/mol. The van der Waals surface area contributed by atoms with Gasteiger partial charge in [-0.2, -0.15) is 5.10 Å². The molecule has 0 amide bonds. The van der Waals surface area contributed by atoms with Crippen molar-refractivity contribution in [2.24, 2.45) is 0 Å². The molecule has 3 aromatic rings. The predicted octanol–water partition coefficient (Wildman–Crippen LogP) is 2.56. The quantitative estimate of drug-likeness (QED) is 0.615. The lowest BCUT2D eigenvalue weighted by Gasteiger charge is -2.18. The Balaban J connectivity index is 1.41. The molecule has 0 saturated carbocycles. The fourth-order valence-electron chi connectivity index (χ4n) is 2.44. The second-order valence-electron chi connectivity index (χ2n) is 5.81. The second-order valence-corrected chi connectivity index (χ2v) is 6.84. The molecule has 132 valence electrons. The number of ether oxygens (including phenoxy) is 1. The zero-order chi connectivity index (χ0) is 17.5. The van der Waals surface area contributed by atoms with Crippen LogP contribution < -0.4 is 5.32 Å². The summed E-state index contributed by atoms with van der Waals surface area (Å²) in [6.45, 7) is 3.43. The Morgan fingerprint density at radius 3 is 2.80 bits per heavy atom. The minimum Gasteiger partial charge on any atom is -0.389 e. The highest BCUT2D eigenvalue weighted by Gasteiger charge is 2.10. The highest BCUT2D eigenvalue weighted by atomic mass is 32.1. The van der Waals surface area contributed by atoms with Crippen LogP contribution in [0.3, 0.4) is 0 Å². The summed E-state index contributed by atoms with van der Waals surface area (Å²) in [5, 5.41) is 19.5. The Hall–Kier alpha value is -2.06. The van der Waals surface area contributed by atoms with Crippen molar-refractivity contribution in [2.45, 2.75) is 25.7 Å². The third-order valence-corrected chi connectivity index (χ3v) is 4.72. The Morgan fingerprint density at radius 2 is 2.12 bits per heavy atom. The lowest BCUT2D eigenvalue weighted by molar-refractivity contribution is 0.0288. The fourth-order valence-corrected chi connectivity index (χ4v) is 3.08. The van der Waals surface area contributed by atoms with E-state index in [1.54, 1.807) is 22.3 Å². The van der Waals surface area contributed by atoms with Gasteiger partial charge in [0.15, 0.2) is 0 Å². The van der Waals surface area contributed by atoms with Gasteiger partial charge in [0, 0.05) is 17.5 Å². The van der Waals surface area contributed by atoms with Gasteiger partial charge in [-0.1, -0.05) is 18.2 Å². The number of hydrogen-bond acceptors (Lipinski definition) is 6. The zero-order valence-electron chi connectivity index (χ0n) is 14.1. The van der Waals surface area contributed by atoms with Gasteiger partial charge in [0.2, 0.25) is 0 Å². The number of aliphatic hydroxyl groups excluding tert-OH is 1. The van der Waals surface area contributed by atoms with Crippen molar-refractivity contribution in [1.82, 2.24) is 20.1 Å². The summed E-state index contributed by atoms with van der Waals surface area (Å²) in [7, 11) is 0. The molecule has 0 radical (unpaired) electrons. The third-order valence-electron chi connectivity index (χ3n) is 3.87. The smallest absolute Gasteiger partial charge is 0.138 e. The van der Waals surface area contributed by atoms with E-state index in [1.807, 2.05) is 41.8 Å². The summed E-state index contributed by atoms with van der Waals surface area (Å²) in [6, 6.07) is 12.3. The van der Waals surface area contributed by atoms with Gasteiger partial charge < -0.3 is 15.2 Å². The topological polar surface area (TPSA) is 72.2 Å². The normalized spacial score (nSPS) is 13.7. The van der Waals surface area contributed by atoms with E-state index in [4.69, 9.17) is 4.74 Å². The molecule has 2 aromatic heterocycles. The Morgan fingerprint density at radius 1 is 1.28 bits per heavy atom. The maximum Gasteiger partial charge on any atom is 0.138 e. The number of aromatic nitrogens is 3. The maximum absolute atomic E-state index is 10.0. The summed E-state index contributed by atoms with van der Waals surface area (Å²) in [6.07, 6.45) is 2.65. The lowest BCUT2D eigenvalue weighted by atomic mass is 10.1. The van der Waals surface area contributed by atoms with Gasteiger partial charge in [-0.05, 0) is 36.1 Å². The van der Waals surface area contributed by atoms with Crippen LogP contribution in [-0.2, 0) is 11.3 Å². The molecule has 0 unspecified atom stereocenters. The molecular weight excluding hydrogens is 336 g/mol. The number of nitrogens with zero attached hydrogens (tertiary/aromatic N) is 3. The number of hydrogen-bond donors (Lipinski definition) is 2. The van der Waals surface area contributed by atoms with Crippen molar-refractivity contribution in [3.63, 3.8) is 0 Å².